The summed E-state index contributed by atoms with van der Waals surface area (Å²) < 4.78 is 1.73. The first-order valence-electron chi connectivity index (χ1n) is 8.73. The number of anilines is 1. The fourth-order valence-corrected chi connectivity index (χ4v) is 2.91. The van der Waals surface area contributed by atoms with Gasteiger partial charge in [-0.05, 0) is 42.3 Å². The summed E-state index contributed by atoms with van der Waals surface area (Å²) >= 11 is 0. The lowest BCUT2D eigenvalue weighted by molar-refractivity contribution is -0.129. The first-order valence-corrected chi connectivity index (χ1v) is 8.73. The lowest BCUT2D eigenvalue weighted by Gasteiger charge is -2.23. The Morgan fingerprint density at radius 2 is 2.00 bits per heavy atom. The van der Waals surface area contributed by atoms with Crippen molar-refractivity contribution in [2.45, 2.75) is 26.9 Å². The van der Waals surface area contributed by atoms with Crippen molar-refractivity contribution in [3.63, 3.8) is 0 Å². The standard InChI is InChI=1S/C21H24N4O2/c1-5-21(27)25(15-18-11-20(12-22)23(4)13-18)19-9-7-8-17(10-19)14-24(6-2)16(3)26/h5,7-11,13H,1,6,14-15H2,2-4H3. The molecule has 6 heteroatoms. The summed E-state index contributed by atoms with van der Waals surface area (Å²) in [6, 6.07) is 11.4. The number of nitrogens with zero attached hydrogens (tertiary/aromatic N) is 4. The van der Waals surface area contributed by atoms with Gasteiger partial charge in [0.05, 0.1) is 6.54 Å². The van der Waals surface area contributed by atoms with Crippen LogP contribution in [0.5, 0.6) is 0 Å². The fraction of sp³-hybridized carbons (Fsp3) is 0.286. The third-order valence-electron chi connectivity index (χ3n) is 4.38. The van der Waals surface area contributed by atoms with Crippen LogP contribution in [0.15, 0.2) is 49.2 Å². The van der Waals surface area contributed by atoms with Gasteiger partial charge in [0.15, 0.2) is 0 Å². The number of hydrogen-bond acceptors (Lipinski definition) is 3. The van der Waals surface area contributed by atoms with Crippen molar-refractivity contribution in [1.29, 1.82) is 5.26 Å². The van der Waals surface area contributed by atoms with E-state index in [-0.39, 0.29) is 11.8 Å². The number of amides is 2. The topological polar surface area (TPSA) is 69.3 Å². The molecule has 1 heterocycles. The molecule has 2 amide bonds. The quantitative estimate of drug-likeness (QED) is 0.709. The highest BCUT2D eigenvalue weighted by atomic mass is 16.2. The molecule has 27 heavy (non-hydrogen) atoms. The molecule has 0 radical (unpaired) electrons. The van der Waals surface area contributed by atoms with Gasteiger partial charge >= 0.3 is 0 Å². The van der Waals surface area contributed by atoms with Crippen LogP contribution < -0.4 is 4.90 Å². The molecule has 1 aromatic carbocycles. The third kappa shape index (κ3) is 4.85. The zero-order valence-electron chi connectivity index (χ0n) is 16.0. The molecule has 1 aromatic heterocycles. The summed E-state index contributed by atoms with van der Waals surface area (Å²) in [6.07, 6.45) is 3.11. The van der Waals surface area contributed by atoms with E-state index in [1.807, 2.05) is 37.4 Å². The Bertz CT molecular complexity index is 892. The number of benzene rings is 1. The number of carbonyl (C=O) groups is 2. The average molecular weight is 364 g/mol. The van der Waals surface area contributed by atoms with E-state index < -0.39 is 0 Å². The second kappa shape index (κ2) is 8.86. The van der Waals surface area contributed by atoms with Crippen LogP contribution in [0.2, 0.25) is 0 Å². The van der Waals surface area contributed by atoms with Crippen molar-refractivity contribution in [2.75, 3.05) is 11.4 Å². The smallest absolute Gasteiger partial charge is 0.250 e. The van der Waals surface area contributed by atoms with Crippen molar-refractivity contribution in [2.24, 2.45) is 7.05 Å². The van der Waals surface area contributed by atoms with Crippen LogP contribution >= 0.6 is 0 Å². The Labute approximate surface area is 159 Å². The van der Waals surface area contributed by atoms with Crippen LogP contribution in [-0.4, -0.2) is 27.8 Å². The Kier molecular flexibility index (Phi) is 6.56. The van der Waals surface area contributed by atoms with E-state index in [0.29, 0.717) is 25.3 Å². The molecule has 6 nitrogen and oxygen atoms in total. The molecule has 0 aliphatic carbocycles. The fourth-order valence-electron chi connectivity index (χ4n) is 2.91. The second-order valence-electron chi connectivity index (χ2n) is 6.29. The minimum absolute atomic E-state index is 0.00949. The summed E-state index contributed by atoms with van der Waals surface area (Å²) in [5, 5.41) is 9.13. The lowest BCUT2D eigenvalue weighted by atomic mass is 10.1. The molecule has 0 spiro atoms. The molecule has 0 bridgehead atoms. The van der Waals surface area contributed by atoms with Gasteiger partial charge in [-0.15, -0.1) is 0 Å². The van der Waals surface area contributed by atoms with Crippen molar-refractivity contribution in [1.82, 2.24) is 9.47 Å². The summed E-state index contributed by atoms with van der Waals surface area (Å²) in [6.45, 7) is 8.50. The van der Waals surface area contributed by atoms with Crippen molar-refractivity contribution in [3.05, 3.63) is 66.0 Å². The number of aryl methyl sites for hydroxylation is 1. The van der Waals surface area contributed by atoms with E-state index in [4.69, 9.17) is 5.26 Å². The summed E-state index contributed by atoms with van der Waals surface area (Å²) in [5.41, 5.74) is 3.05. The molecule has 2 rings (SSSR count). The van der Waals surface area contributed by atoms with Crippen LogP contribution in [0.3, 0.4) is 0 Å². The lowest BCUT2D eigenvalue weighted by Crippen LogP contribution is -2.29. The molecule has 140 valence electrons. The van der Waals surface area contributed by atoms with Gasteiger partial charge in [-0.25, -0.2) is 0 Å². The maximum Gasteiger partial charge on any atom is 0.250 e. The summed E-state index contributed by atoms with van der Waals surface area (Å²) in [5.74, 6) is -0.219. The highest BCUT2D eigenvalue weighted by Gasteiger charge is 2.16. The molecule has 0 atom stereocenters. The Hall–Kier alpha value is -3.33. The number of hydrogen-bond donors (Lipinski definition) is 0. The molecule has 0 saturated carbocycles. The Morgan fingerprint density at radius 3 is 2.56 bits per heavy atom. The molecular weight excluding hydrogens is 340 g/mol. The zero-order valence-corrected chi connectivity index (χ0v) is 16.0. The van der Waals surface area contributed by atoms with Crippen LogP contribution in [0.1, 0.15) is 30.7 Å². The molecule has 0 N–H and O–H groups in total. The van der Waals surface area contributed by atoms with Gasteiger partial charge in [-0.2, -0.15) is 5.26 Å². The predicted octanol–water partition coefficient (Wildman–Crippen LogP) is 2.98. The van der Waals surface area contributed by atoms with Gasteiger partial charge in [0.1, 0.15) is 11.8 Å². The maximum absolute atomic E-state index is 12.4. The van der Waals surface area contributed by atoms with Gasteiger partial charge in [0.25, 0.3) is 5.91 Å². The van der Waals surface area contributed by atoms with Gasteiger partial charge in [0.2, 0.25) is 5.91 Å². The minimum Gasteiger partial charge on any atom is -0.342 e. The molecular formula is C21H24N4O2. The van der Waals surface area contributed by atoms with Crippen LogP contribution in [-0.2, 0) is 29.7 Å². The zero-order chi connectivity index (χ0) is 20.0. The first-order chi connectivity index (χ1) is 12.9. The number of nitriles is 1. The van der Waals surface area contributed by atoms with Gasteiger partial charge in [-0.3, -0.25) is 9.59 Å². The third-order valence-corrected chi connectivity index (χ3v) is 4.38. The van der Waals surface area contributed by atoms with Gasteiger partial charge < -0.3 is 14.4 Å². The van der Waals surface area contributed by atoms with Gasteiger partial charge in [-0.1, -0.05) is 18.7 Å². The van der Waals surface area contributed by atoms with E-state index in [1.165, 1.54) is 6.08 Å². The predicted molar refractivity (Wildman–Crippen MR) is 105 cm³/mol. The van der Waals surface area contributed by atoms with Crippen LogP contribution in [0.4, 0.5) is 5.69 Å². The van der Waals surface area contributed by atoms with Crippen molar-refractivity contribution in [3.8, 4) is 6.07 Å². The average Bonchev–Trinajstić information content (AvgIpc) is 3.03. The molecule has 0 aliphatic heterocycles. The van der Waals surface area contributed by atoms with Gasteiger partial charge in [0, 0.05) is 38.9 Å². The molecule has 0 saturated heterocycles. The highest BCUT2D eigenvalue weighted by molar-refractivity contribution is 6.01. The second-order valence-corrected chi connectivity index (χ2v) is 6.29. The van der Waals surface area contributed by atoms with E-state index in [2.05, 4.69) is 12.6 Å². The Morgan fingerprint density at radius 1 is 1.26 bits per heavy atom. The van der Waals surface area contributed by atoms with Crippen LogP contribution in [0, 0.1) is 11.3 Å². The number of carbonyl (C=O) groups excluding carboxylic acids is 2. The SMILES string of the molecule is C=CC(=O)N(Cc1cc(C#N)n(C)c1)c1cccc(CN(CC)C(C)=O)c1. The largest absolute Gasteiger partial charge is 0.342 e. The number of rotatable bonds is 7. The molecule has 0 unspecified atom stereocenters. The van der Waals surface area contributed by atoms with E-state index in [9.17, 15) is 9.59 Å². The molecule has 0 fully saturated rings. The van der Waals surface area contributed by atoms with Crippen molar-refractivity contribution >= 4 is 17.5 Å². The normalized spacial score (nSPS) is 10.1. The van der Waals surface area contributed by atoms with E-state index in [0.717, 1.165) is 16.8 Å². The molecule has 0 aliphatic rings. The summed E-state index contributed by atoms with van der Waals surface area (Å²) in [7, 11) is 1.80. The van der Waals surface area contributed by atoms with E-state index >= 15 is 0 Å². The maximum atomic E-state index is 12.4. The first kappa shape index (κ1) is 20.0. The molecule has 2 aromatic rings. The van der Waals surface area contributed by atoms with E-state index in [1.54, 1.807) is 34.4 Å². The highest BCUT2D eigenvalue weighted by Crippen LogP contribution is 2.21. The van der Waals surface area contributed by atoms with Crippen molar-refractivity contribution < 1.29 is 9.59 Å². The monoisotopic (exact) mass is 364 g/mol. The minimum atomic E-state index is -0.228. The van der Waals surface area contributed by atoms with Crippen LogP contribution in [0.25, 0.3) is 0 Å². The number of aromatic nitrogens is 1. The Balaban J connectivity index is 2.32. The summed E-state index contributed by atoms with van der Waals surface area (Å²) in [4.78, 5) is 27.5.